The summed E-state index contributed by atoms with van der Waals surface area (Å²) in [6.45, 7) is 2.22. The molecule has 4 nitrogen and oxygen atoms in total. The molecule has 0 bridgehead atoms. The number of carbonyl (C=O) groups excluding carboxylic acids is 1. The van der Waals surface area contributed by atoms with Gasteiger partial charge in [0, 0.05) is 5.33 Å². The van der Waals surface area contributed by atoms with Crippen molar-refractivity contribution in [1.82, 2.24) is 10.2 Å². The monoisotopic (exact) mass is 264 g/mol. The summed E-state index contributed by atoms with van der Waals surface area (Å²) in [7, 11) is 0. The van der Waals surface area contributed by atoms with E-state index in [1.54, 1.807) is 6.92 Å². The Bertz CT molecular complexity index is 290. The second-order valence-corrected chi connectivity index (χ2v) is 4.28. The van der Waals surface area contributed by atoms with E-state index in [-0.39, 0.29) is 5.97 Å². The van der Waals surface area contributed by atoms with Crippen molar-refractivity contribution >= 4 is 33.2 Å². The van der Waals surface area contributed by atoms with E-state index >= 15 is 0 Å². The number of alkyl halides is 1. The molecular formula is C7H9BrN2O2S. The maximum atomic E-state index is 11.2. The zero-order valence-corrected chi connectivity index (χ0v) is 9.52. The molecule has 0 aromatic carbocycles. The Morgan fingerprint density at radius 1 is 1.62 bits per heavy atom. The maximum absolute atomic E-state index is 11.2. The van der Waals surface area contributed by atoms with Crippen LogP contribution in [0.5, 0.6) is 0 Å². The summed E-state index contributed by atoms with van der Waals surface area (Å²) in [6.07, 6.45) is 0.809. The van der Waals surface area contributed by atoms with Crippen molar-refractivity contribution in [3.63, 3.8) is 0 Å². The fourth-order valence-electron chi connectivity index (χ4n) is 0.660. The lowest BCUT2D eigenvalue weighted by Crippen LogP contribution is -2.06. The Labute approximate surface area is 88.4 Å². The minimum Gasteiger partial charge on any atom is -0.460 e. The summed E-state index contributed by atoms with van der Waals surface area (Å²) in [5.74, 6) is -0.383. The Morgan fingerprint density at radius 2 is 2.38 bits per heavy atom. The Kier molecular flexibility index (Phi) is 4.31. The van der Waals surface area contributed by atoms with Crippen LogP contribution in [-0.2, 0) is 4.74 Å². The van der Waals surface area contributed by atoms with E-state index in [2.05, 4.69) is 26.1 Å². The lowest BCUT2D eigenvalue weighted by atomic mass is 10.5. The second kappa shape index (κ2) is 5.29. The van der Waals surface area contributed by atoms with E-state index in [0.29, 0.717) is 11.6 Å². The van der Waals surface area contributed by atoms with Crippen LogP contribution in [0.3, 0.4) is 0 Å². The summed E-state index contributed by atoms with van der Waals surface area (Å²) < 4.78 is 4.92. The van der Waals surface area contributed by atoms with Gasteiger partial charge in [-0.05, 0) is 13.3 Å². The van der Waals surface area contributed by atoms with Crippen molar-refractivity contribution < 1.29 is 9.53 Å². The highest BCUT2D eigenvalue weighted by atomic mass is 79.9. The van der Waals surface area contributed by atoms with Gasteiger partial charge < -0.3 is 4.74 Å². The zero-order chi connectivity index (χ0) is 9.68. The van der Waals surface area contributed by atoms with Gasteiger partial charge in [-0.25, -0.2) is 4.79 Å². The number of halogens is 1. The summed E-state index contributed by atoms with van der Waals surface area (Å²) in [5.41, 5.74) is 0. The lowest BCUT2D eigenvalue weighted by Gasteiger charge is -1.98. The average molecular weight is 265 g/mol. The first kappa shape index (κ1) is 10.6. The van der Waals surface area contributed by atoms with Gasteiger partial charge in [-0.15, -0.1) is 10.2 Å². The van der Waals surface area contributed by atoms with Crippen molar-refractivity contribution in [2.75, 3.05) is 11.9 Å². The quantitative estimate of drug-likeness (QED) is 0.473. The number of aryl methyl sites for hydroxylation is 1. The molecule has 1 aromatic rings. The largest absolute Gasteiger partial charge is 0.460 e. The highest BCUT2D eigenvalue weighted by Crippen LogP contribution is 2.09. The van der Waals surface area contributed by atoms with Crippen LogP contribution in [0.4, 0.5) is 0 Å². The molecule has 6 heteroatoms. The molecule has 0 aliphatic carbocycles. The normalized spacial score (nSPS) is 10.0. The minimum atomic E-state index is -0.383. The summed E-state index contributed by atoms with van der Waals surface area (Å²) in [6, 6.07) is 0. The molecule has 0 aliphatic rings. The smallest absolute Gasteiger partial charge is 0.369 e. The number of rotatable bonds is 4. The zero-order valence-electron chi connectivity index (χ0n) is 7.12. The van der Waals surface area contributed by atoms with Crippen LogP contribution < -0.4 is 0 Å². The molecule has 0 fully saturated rings. The Morgan fingerprint density at radius 3 is 2.92 bits per heavy atom. The predicted molar refractivity (Wildman–Crippen MR) is 53.3 cm³/mol. The van der Waals surface area contributed by atoms with Gasteiger partial charge in [0.15, 0.2) is 0 Å². The van der Waals surface area contributed by atoms with Gasteiger partial charge in [0.25, 0.3) is 0 Å². The van der Waals surface area contributed by atoms with E-state index in [0.717, 1.165) is 16.8 Å². The standard InChI is InChI=1S/C7H9BrN2O2S/c1-5-9-10-6(13-5)7(11)12-4-2-3-8/h2-4H2,1H3. The molecular weight excluding hydrogens is 256 g/mol. The van der Waals surface area contributed by atoms with E-state index in [4.69, 9.17) is 4.74 Å². The summed E-state index contributed by atoms with van der Waals surface area (Å²) in [4.78, 5) is 11.2. The topological polar surface area (TPSA) is 52.1 Å². The Balaban J connectivity index is 2.40. The molecule has 0 unspecified atom stereocenters. The third kappa shape index (κ3) is 3.40. The molecule has 0 atom stereocenters. The molecule has 0 aliphatic heterocycles. The SMILES string of the molecule is Cc1nnc(C(=O)OCCCBr)s1. The molecule has 1 rings (SSSR count). The number of aromatic nitrogens is 2. The molecule has 0 saturated carbocycles. The number of hydrogen-bond acceptors (Lipinski definition) is 5. The van der Waals surface area contributed by atoms with Gasteiger partial charge in [-0.2, -0.15) is 0 Å². The number of carbonyl (C=O) groups is 1. The van der Waals surface area contributed by atoms with E-state index in [1.165, 1.54) is 11.3 Å². The molecule has 0 amide bonds. The Hall–Kier alpha value is -0.490. The molecule has 13 heavy (non-hydrogen) atoms. The van der Waals surface area contributed by atoms with Gasteiger partial charge in [0.1, 0.15) is 5.01 Å². The van der Waals surface area contributed by atoms with Crippen LogP contribution >= 0.6 is 27.3 Å². The van der Waals surface area contributed by atoms with Crippen molar-refractivity contribution in [2.45, 2.75) is 13.3 Å². The number of hydrogen-bond donors (Lipinski definition) is 0. The average Bonchev–Trinajstić information content (AvgIpc) is 2.52. The number of nitrogens with zero attached hydrogens (tertiary/aromatic N) is 2. The maximum Gasteiger partial charge on any atom is 0.369 e. The van der Waals surface area contributed by atoms with Gasteiger partial charge in [-0.1, -0.05) is 27.3 Å². The van der Waals surface area contributed by atoms with Gasteiger partial charge in [-0.3, -0.25) is 0 Å². The van der Waals surface area contributed by atoms with Crippen molar-refractivity contribution in [3.8, 4) is 0 Å². The third-order valence-corrected chi connectivity index (χ3v) is 2.59. The second-order valence-electron chi connectivity index (χ2n) is 2.30. The highest BCUT2D eigenvalue weighted by molar-refractivity contribution is 9.09. The fourth-order valence-corrected chi connectivity index (χ4v) is 1.47. The number of esters is 1. The fraction of sp³-hybridized carbons (Fsp3) is 0.571. The van der Waals surface area contributed by atoms with Crippen LogP contribution in [0.2, 0.25) is 0 Å². The molecule has 72 valence electrons. The van der Waals surface area contributed by atoms with Crippen molar-refractivity contribution in [3.05, 3.63) is 10.0 Å². The molecule has 1 aromatic heterocycles. The van der Waals surface area contributed by atoms with Crippen molar-refractivity contribution in [1.29, 1.82) is 0 Å². The summed E-state index contributed by atoms with van der Waals surface area (Å²) in [5, 5.41) is 9.33. The summed E-state index contributed by atoms with van der Waals surface area (Å²) >= 11 is 4.49. The van der Waals surface area contributed by atoms with Gasteiger partial charge in [0.05, 0.1) is 6.61 Å². The van der Waals surface area contributed by atoms with Crippen LogP contribution in [0.1, 0.15) is 21.2 Å². The number of ether oxygens (including phenoxy) is 1. The first-order valence-corrected chi connectivity index (χ1v) is 5.71. The highest BCUT2D eigenvalue weighted by Gasteiger charge is 2.11. The predicted octanol–water partition coefficient (Wildman–Crippen LogP) is 1.79. The van der Waals surface area contributed by atoms with E-state index in [1.807, 2.05) is 0 Å². The first-order chi connectivity index (χ1) is 6.24. The molecule has 0 radical (unpaired) electrons. The molecule has 0 N–H and O–H groups in total. The van der Waals surface area contributed by atoms with Crippen molar-refractivity contribution in [2.24, 2.45) is 0 Å². The third-order valence-electron chi connectivity index (χ3n) is 1.21. The van der Waals surface area contributed by atoms with Gasteiger partial charge >= 0.3 is 5.97 Å². The minimum absolute atomic E-state index is 0.326. The van der Waals surface area contributed by atoms with Crippen LogP contribution in [0.25, 0.3) is 0 Å². The molecule has 1 heterocycles. The first-order valence-electron chi connectivity index (χ1n) is 3.77. The lowest BCUT2D eigenvalue weighted by molar-refractivity contribution is 0.0505. The van der Waals surface area contributed by atoms with E-state index < -0.39 is 0 Å². The van der Waals surface area contributed by atoms with Crippen LogP contribution in [0.15, 0.2) is 0 Å². The van der Waals surface area contributed by atoms with E-state index in [9.17, 15) is 4.79 Å². The van der Waals surface area contributed by atoms with Gasteiger partial charge in [0.2, 0.25) is 5.01 Å². The van der Waals surface area contributed by atoms with Crippen LogP contribution in [-0.4, -0.2) is 28.1 Å². The molecule has 0 saturated heterocycles. The molecule has 0 spiro atoms. The van der Waals surface area contributed by atoms with Crippen LogP contribution in [0, 0.1) is 6.92 Å².